The molecule has 0 aliphatic heterocycles. The molecule has 2 atom stereocenters. The van der Waals surface area contributed by atoms with Gasteiger partial charge in [0.1, 0.15) is 0 Å². The minimum atomic E-state index is -0.161. The maximum atomic E-state index is 5.20. The van der Waals surface area contributed by atoms with E-state index in [0.717, 1.165) is 0 Å². The summed E-state index contributed by atoms with van der Waals surface area (Å²) in [5.74, 6) is 2.41. The summed E-state index contributed by atoms with van der Waals surface area (Å²) in [7, 11) is 3.34. The molecule has 0 saturated carbocycles. The van der Waals surface area contributed by atoms with Crippen LogP contribution in [0.1, 0.15) is 27.2 Å². The van der Waals surface area contributed by atoms with Crippen LogP contribution >= 0.6 is 11.8 Å². The molecule has 2 unspecified atom stereocenters. The summed E-state index contributed by atoms with van der Waals surface area (Å²) in [4.78, 5) is 0. The van der Waals surface area contributed by atoms with Gasteiger partial charge >= 0.3 is 0 Å². The van der Waals surface area contributed by atoms with Gasteiger partial charge in [-0.25, -0.2) is 0 Å². The summed E-state index contributed by atoms with van der Waals surface area (Å²) in [6.07, 6.45) is 1.02. The Morgan fingerprint density at radius 3 is 2.27 bits per heavy atom. The van der Waals surface area contributed by atoms with Crippen molar-refractivity contribution in [3.05, 3.63) is 0 Å². The number of thioether (sulfide) groups is 1. The van der Waals surface area contributed by atoms with Crippen molar-refractivity contribution >= 4 is 11.8 Å². The van der Waals surface area contributed by atoms with Gasteiger partial charge in [-0.1, -0.05) is 6.92 Å². The average molecular weight is 235 g/mol. The number of methoxy groups -OCH3 is 2. The first kappa shape index (κ1) is 15.2. The maximum Gasteiger partial charge on any atom is 0.171 e. The Balaban J connectivity index is 3.68. The van der Waals surface area contributed by atoms with Crippen LogP contribution in [0.15, 0.2) is 0 Å². The summed E-state index contributed by atoms with van der Waals surface area (Å²) in [6.45, 7) is 6.48. The second-order valence-corrected chi connectivity index (χ2v) is 5.08. The molecule has 4 heteroatoms. The molecule has 0 aliphatic rings. The Morgan fingerprint density at radius 2 is 1.80 bits per heavy atom. The third kappa shape index (κ3) is 7.17. The molecule has 0 aromatic carbocycles. The molecule has 0 aromatic heterocycles. The van der Waals surface area contributed by atoms with Crippen molar-refractivity contribution in [2.45, 2.75) is 45.6 Å². The fourth-order valence-electron chi connectivity index (χ4n) is 1.52. The van der Waals surface area contributed by atoms with Crippen LogP contribution < -0.4 is 5.32 Å². The fourth-order valence-corrected chi connectivity index (χ4v) is 2.33. The fraction of sp³-hybridized carbons (Fsp3) is 1.00. The SMILES string of the molecule is CCSCCC(C)NC(C)C(OC)OC. The molecule has 15 heavy (non-hydrogen) atoms. The lowest BCUT2D eigenvalue weighted by Crippen LogP contribution is -2.44. The van der Waals surface area contributed by atoms with Crippen molar-refractivity contribution in [3.8, 4) is 0 Å². The summed E-state index contributed by atoms with van der Waals surface area (Å²) in [5.41, 5.74) is 0. The van der Waals surface area contributed by atoms with Gasteiger partial charge in [-0.15, -0.1) is 0 Å². The quantitative estimate of drug-likeness (QED) is 0.490. The van der Waals surface area contributed by atoms with Crippen LogP contribution in [0.2, 0.25) is 0 Å². The molecular formula is C11H25NO2S. The second kappa shape index (κ2) is 9.46. The van der Waals surface area contributed by atoms with Gasteiger partial charge in [0.25, 0.3) is 0 Å². The average Bonchev–Trinajstić information content (AvgIpc) is 2.20. The molecule has 0 spiro atoms. The minimum absolute atomic E-state index is 0.161. The maximum absolute atomic E-state index is 5.20. The Labute approximate surface area is 98.3 Å². The molecule has 0 aliphatic carbocycles. The van der Waals surface area contributed by atoms with Crippen LogP contribution in [-0.2, 0) is 9.47 Å². The number of rotatable bonds is 9. The second-order valence-electron chi connectivity index (χ2n) is 3.68. The van der Waals surface area contributed by atoms with Gasteiger partial charge in [0, 0.05) is 20.3 Å². The van der Waals surface area contributed by atoms with E-state index < -0.39 is 0 Å². The van der Waals surface area contributed by atoms with Crippen LogP contribution in [0, 0.1) is 0 Å². The zero-order chi connectivity index (χ0) is 11.7. The number of ether oxygens (including phenoxy) is 2. The lowest BCUT2D eigenvalue weighted by atomic mass is 10.2. The van der Waals surface area contributed by atoms with E-state index >= 15 is 0 Å². The zero-order valence-corrected chi connectivity index (χ0v) is 11.4. The van der Waals surface area contributed by atoms with Gasteiger partial charge in [-0.05, 0) is 31.8 Å². The largest absolute Gasteiger partial charge is 0.354 e. The summed E-state index contributed by atoms with van der Waals surface area (Å²) in [5, 5.41) is 3.48. The molecule has 0 fully saturated rings. The Bertz CT molecular complexity index is 143. The molecule has 0 saturated heterocycles. The van der Waals surface area contributed by atoms with E-state index in [2.05, 4.69) is 26.1 Å². The van der Waals surface area contributed by atoms with E-state index in [4.69, 9.17) is 9.47 Å². The van der Waals surface area contributed by atoms with Gasteiger partial charge in [0.15, 0.2) is 6.29 Å². The molecule has 0 aromatic rings. The van der Waals surface area contributed by atoms with Crippen molar-refractivity contribution in [2.24, 2.45) is 0 Å². The first-order chi connectivity index (χ1) is 7.15. The third-order valence-corrected chi connectivity index (χ3v) is 3.25. The van der Waals surface area contributed by atoms with Crippen LogP contribution in [0.5, 0.6) is 0 Å². The number of hydrogen-bond donors (Lipinski definition) is 1. The molecule has 0 bridgehead atoms. The molecule has 0 radical (unpaired) electrons. The molecule has 3 nitrogen and oxygen atoms in total. The van der Waals surface area contributed by atoms with Crippen LogP contribution in [0.4, 0.5) is 0 Å². The molecule has 92 valence electrons. The Kier molecular flexibility index (Phi) is 9.60. The normalized spacial score (nSPS) is 15.6. The van der Waals surface area contributed by atoms with Crippen molar-refractivity contribution in [1.29, 1.82) is 0 Å². The standard InChI is InChI=1S/C11H25NO2S/c1-6-15-8-7-9(2)12-10(3)11(13-4)14-5/h9-12H,6-8H2,1-5H3. The van der Waals surface area contributed by atoms with E-state index in [1.807, 2.05) is 11.8 Å². The highest BCUT2D eigenvalue weighted by Crippen LogP contribution is 2.06. The highest BCUT2D eigenvalue weighted by atomic mass is 32.2. The van der Waals surface area contributed by atoms with E-state index in [0.29, 0.717) is 6.04 Å². The first-order valence-corrected chi connectivity index (χ1v) is 6.70. The molecule has 0 amide bonds. The van der Waals surface area contributed by atoms with Crippen molar-refractivity contribution in [3.63, 3.8) is 0 Å². The van der Waals surface area contributed by atoms with Gasteiger partial charge in [-0.2, -0.15) is 11.8 Å². The van der Waals surface area contributed by atoms with Crippen LogP contribution in [-0.4, -0.2) is 44.1 Å². The topological polar surface area (TPSA) is 30.5 Å². The summed E-state index contributed by atoms with van der Waals surface area (Å²) in [6, 6.07) is 0.730. The first-order valence-electron chi connectivity index (χ1n) is 5.55. The van der Waals surface area contributed by atoms with Crippen molar-refractivity contribution < 1.29 is 9.47 Å². The molecule has 0 heterocycles. The van der Waals surface area contributed by atoms with Crippen LogP contribution in [0.25, 0.3) is 0 Å². The molecule has 1 N–H and O–H groups in total. The third-order valence-electron chi connectivity index (χ3n) is 2.32. The van der Waals surface area contributed by atoms with Gasteiger partial charge < -0.3 is 14.8 Å². The Morgan fingerprint density at radius 1 is 1.20 bits per heavy atom. The lowest BCUT2D eigenvalue weighted by molar-refractivity contribution is -0.120. The lowest BCUT2D eigenvalue weighted by Gasteiger charge is -2.25. The van der Waals surface area contributed by atoms with Gasteiger partial charge in [0.05, 0.1) is 6.04 Å². The van der Waals surface area contributed by atoms with Gasteiger partial charge in [-0.3, -0.25) is 0 Å². The number of nitrogens with one attached hydrogen (secondary N) is 1. The molecule has 0 rings (SSSR count). The smallest absolute Gasteiger partial charge is 0.171 e. The zero-order valence-electron chi connectivity index (χ0n) is 10.6. The van der Waals surface area contributed by atoms with Crippen LogP contribution in [0.3, 0.4) is 0 Å². The monoisotopic (exact) mass is 235 g/mol. The molecular weight excluding hydrogens is 210 g/mol. The van der Waals surface area contributed by atoms with Crippen molar-refractivity contribution in [2.75, 3.05) is 25.7 Å². The van der Waals surface area contributed by atoms with E-state index in [9.17, 15) is 0 Å². The van der Waals surface area contributed by atoms with Crippen molar-refractivity contribution in [1.82, 2.24) is 5.32 Å². The Hall–Kier alpha value is 0.230. The number of hydrogen-bond acceptors (Lipinski definition) is 4. The van der Waals surface area contributed by atoms with E-state index in [1.54, 1.807) is 14.2 Å². The van der Waals surface area contributed by atoms with E-state index in [1.165, 1.54) is 17.9 Å². The predicted octanol–water partition coefficient (Wildman–Crippen LogP) is 2.12. The summed E-state index contributed by atoms with van der Waals surface area (Å²) >= 11 is 1.98. The highest BCUT2D eigenvalue weighted by Gasteiger charge is 2.17. The van der Waals surface area contributed by atoms with Gasteiger partial charge in [0.2, 0.25) is 0 Å². The summed E-state index contributed by atoms with van der Waals surface area (Å²) < 4.78 is 10.4. The highest BCUT2D eigenvalue weighted by molar-refractivity contribution is 7.99. The van der Waals surface area contributed by atoms with E-state index in [-0.39, 0.29) is 12.3 Å². The predicted molar refractivity (Wildman–Crippen MR) is 67.5 cm³/mol. The minimum Gasteiger partial charge on any atom is -0.354 e.